The molecular formula is C19H20Cl3N3O3. The second-order valence-corrected chi connectivity index (χ2v) is 7.09. The van der Waals surface area contributed by atoms with Crippen LogP contribution >= 0.6 is 34.8 Å². The van der Waals surface area contributed by atoms with Gasteiger partial charge in [-0.15, -0.1) is 0 Å². The van der Waals surface area contributed by atoms with Gasteiger partial charge in [0.2, 0.25) is 11.8 Å². The smallest absolute Gasteiger partial charge is 0.238 e. The van der Waals surface area contributed by atoms with E-state index in [-0.39, 0.29) is 24.9 Å². The fourth-order valence-electron chi connectivity index (χ4n) is 2.45. The van der Waals surface area contributed by atoms with Crippen molar-refractivity contribution in [1.82, 2.24) is 4.90 Å². The Morgan fingerprint density at radius 3 is 2.18 bits per heavy atom. The van der Waals surface area contributed by atoms with Gasteiger partial charge in [-0.1, -0.05) is 47.8 Å². The van der Waals surface area contributed by atoms with E-state index in [1.165, 1.54) is 7.11 Å². The molecule has 0 aromatic heterocycles. The van der Waals surface area contributed by atoms with Gasteiger partial charge < -0.3 is 15.4 Å². The van der Waals surface area contributed by atoms with Gasteiger partial charge in [0.05, 0.1) is 41.6 Å². The van der Waals surface area contributed by atoms with E-state index in [9.17, 15) is 9.59 Å². The number of nitrogens with zero attached hydrogens (tertiary/aromatic N) is 1. The second kappa shape index (κ2) is 10.5. The van der Waals surface area contributed by atoms with Crippen LogP contribution in [0.3, 0.4) is 0 Å². The van der Waals surface area contributed by atoms with Gasteiger partial charge in [0, 0.05) is 5.02 Å². The lowest BCUT2D eigenvalue weighted by Crippen LogP contribution is -2.38. The third kappa shape index (κ3) is 6.27. The van der Waals surface area contributed by atoms with Gasteiger partial charge in [-0.25, -0.2) is 0 Å². The van der Waals surface area contributed by atoms with E-state index in [2.05, 4.69) is 10.6 Å². The molecule has 2 amide bonds. The standard InChI is InChI=1S/C19H20Cl3N3O3/c1-3-25(11-18(27)24-19-13(21)5-4-6-14(19)22)10-17(26)23-15-9-12(20)7-8-16(15)28-2/h4-9H,3,10-11H2,1-2H3,(H,23,26)(H,24,27). The van der Waals surface area contributed by atoms with E-state index in [1.54, 1.807) is 41.3 Å². The Kier molecular flexibility index (Phi) is 8.38. The number of ether oxygens (including phenoxy) is 1. The molecule has 0 aliphatic carbocycles. The molecule has 0 saturated carbocycles. The third-order valence-corrected chi connectivity index (χ3v) is 4.71. The summed E-state index contributed by atoms with van der Waals surface area (Å²) in [5.41, 5.74) is 0.809. The van der Waals surface area contributed by atoms with E-state index in [0.717, 1.165) is 0 Å². The van der Waals surface area contributed by atoms with Gasteiger partial charge in [0.1, 0.15) is 5.75 Å². The number of halogens is 3. The van der Waals surface area contributed by atoms with Gasteiger partial charge >= 0.3 is 0 Å². The first kappa shape index (κ1) is 22.3. The maximum Gasteiger partial charge on any atom is 0.238 e. The van der Waals surface area contributed by atoms with Crippen molar-refractivity contribution in [3.63, 3.8) is 0 Å². The van der Waals surface area contributed by atoms with Crippen molar-refractivity contribution in [2.75, 3.05) is 37.4 Å². The molecule has 28 heavy (non-hydrogen) atoms. The predicted octanol–water partition coefficient (Wildman–Crippen LogP) is 4.55. The highest BCUT2D eigenvalue weighted by Crippen LogP contribution is 2.30. The molecule has 150 valence electrons. The zero-order chi connectivity index (χ0) is 20.7. The van der Waals surface area contributed by atoms with Crippen molar-refractivity contribution in [3.8, 4) is 5.75 Å². The summed E-state index contributed by atoms with van der Waals surface area (Å²) in [5.74, 6) is -0.136. The lowest BCUT2D eigenvalue weighted by Gasteiger charge is -2.20. The van der Waals surface area contributed by atoms with Crippen LogP contribution in [0.2, 0.25) is 15.1 Å². The lowest BCUT2D eigenvalue weighted by molar-refractivity contribution is -0.119. The highest BCUT2D eigenvalue weighted by atomic mass is 35.5. The molecule has 0 heterocycles. The summed E-state index contributed by atoms with van der Waals surface area (Å²) in [5, 5.41) is 6.58. The second-order valence-electron chi connectivity index (χ2n) is 5.84. The van der Waals surface area contributed by atoms with Crippen LogP contribution in [0.15, 0.2) is 36.4 Å². The van der Waals surface area contributed by atoms with Crippen molar-refractivity contribution < 1.29 is 14.3 Å². The highest BCUT2D eigenvalue weighted by Gasteiger charge is 2.16. The maximum absolute atomic E-state index is 12.4. The number of para-hydroxylation sites is 1. The molecule has 2 aromatic rings. The predicted molar refractivity (Wildman–Crippen MR) is 114 cm³/mol. The van der Waals surface area contributed by atoms with E-state index in [4.69, 9.17) is 39.5 Å². The number of benzene rings is 2. The van der Waals surface area contributed by atoms with Gasteiger partial charge in [-0.05, 0) is 36.9 Å². The van der Waals surface area contributed by atoms with Crippen molar-refractivity contribution in [2.45, 2.75) is 6.92 Å². The molecule has 0 aliphatic heterocycles. The molecule has 0 aliphatic rings. The molecule has 2 N–H and O–H groups in total. The molecule has 0 atom stereocenters. The van der Waals surface area contributed by atoms with Gasteiger partial charge in [0.15, 0.2) is 0 Å². The highest BCUT2D eigenvalue weighted by molar-refractivity contribution is 6.39. The Labute approximate surface area is 178 Å². The Morgan fingerprint density at radius 2 is 1.61 bits per heavy atom. The fraction of sp³-hybridized carbons (Fsp3) is 0.263. The molecule has 0 saturated heterocycles. The number of hydrogen-bond acceptors (Lipinski definition) is 4. The molecule has 0 fully saturated rings. The minimum atomic E-state index is -0.329. The zero-order valence-corrected chi connectivity index (χ0v) is 17.7. The van der Waals surface area contributed by atoms with Crippen LogP contribution in [0.4, 0.5) is 11.4 Å². The van der Waals surface area contributed by atoms with Crippen LogP contribution in [-0.2, 0) is 9.59 Å². The first-order chi connectivity index (χ1) is 13.3. The first-order valence-electron chi connectivity index (χ1n) is 8.43. The zero-order valence-electron chi connectivity index (χ0n) is 15.4. The number of nitrogens with one attached hydrogen (secondary N) is 2. The van der Waals surface area contributed by atoms with Gasteiger partial charge in [-0.2, -0.15) is 0 Å². The normalized spacial score (nSPS) is 10.6. The minimum Gasteiger partial charge on any atom is -0.495 e. The number of carbonyl (C=O) groups is 2. The summed E-state index contributed by atoms with van der Waals surface area (Å²) < 4.78 is 5.21. The quantitative estimate of drug-likeness (QED) is 0.626. The maximum atomic E-state index is 12.4. The Bertz CT molecular complexity index is 841. The number of methoxy groups -OCH3 is 1. The molecule has 2 rings (SSSR count). The average molecular weight is 445 g/mol. The van der Waals surface area contributed by atoms with E-state index in [0.29, 0.717) is 38.7 Å². The number of likely N-dealkylation sites (N-methyl/N-ethyl adjacent to an activating group) is 1. The Balaban J connectivity index is 1.97. The summed E-state index contributed by atoms with van der Waals surface area (Å²) in [6.07, 6.45) is 0. The lowest BCUT2D eigenvalue weighted by atomic mass is 10.3. The number of hydrogen-bond donors (Lipinski definition) is 2. The molecular weight excluding hydrogens is 425 g/mol. The van der Waals surface area contributed by atoms with Crippen LogP contribution in [-0.4, -0.2) is 43.5 Å². The Morgan fingerprint density at radius 1 is 1.00 bits per heavy atom. The minimum absolute atomic E-state index is 0.00183. The number of rotatable bonds is 8. The Hall–Kier alpha value is -1.99. The molecule has 0 radical (unpaired) electrons. The van der Waals surface area contributed by atoms with Crippen LogP contribution in [0, 0.1) is 0 Å². The summed E-state index contributed by atoms with van der Waals surface area (Å²) in [4.78, 5) is 26.4. The van der Waals surface area contributed by atoms with Crippen molar-refractivity contribution in [2.24, 2.45) is 0 Å². The van der Waals surface area contributed by atoms with Crippen molar-refractivity contribution in [3.05, 3.63) is 51.5 Å². The van der Waals surface area contributed by atoms with E-state index in [1.807, 2.05) is 6.92 Å². The molecule has 0 spiro atoms. The summed E-state index contributed by atoms with van der Waals surface area (Å²) in [6.45, 7) is 2.35. The van der Waals surface area contributed by atoms with Crippen LogP contribution in [0.1, 0.15) is 6.92 Å². The first-order valence-corrected chi connectivity index (χ1v) is 9.57. The molecule has 0 unspecified atom stereocenters. The molecule has 6 nitrogen and oxygen atoms in total. The number of anilines is 2. The molecule has 9 heteroatoms. The van der Waals surface area contributed by atoms with Crippen LogP contribution < -0.4 is 15.4 Å². The average Bonchev–Trinajstić information content (AvgIpc) is 2.64. The van der Waals surface area contributed by atoms with Gasteiger partial charge in [-0.3, -0.25) is 14.5 Å². The van der Waals surface area contributed by atoms with Crippen LogP contribution in [0.25, 0.3) is 0 Å². The third-order valence-electron chi connectivity index (χ3n) is 3.84. The number of amides is 2. The van der Waals surface area contributed by atoms with Crippen molar-refractivity contribution in [1.29, 1.82) is 0 Å². The topological polar surface area (TPSA) is 70.7 Å². The van der Waals surface area contributed by atoms with E-state index < -0.39 is 0 Å². The SMILES string of the molecule is CCN(CC(=O)Nc1cc(Cl)ccc1OC)CC(=O)Nc1c(Cl)cccc1Cl. The fourth-order valence-corrected chi connectivity index (χ4v) is 3.11. The monoisotopic (exact) mass is 443 g/mol. The summed E-state index contributed by atoms with van der Waals surface area (Å²) in [7, 11) is 1.50. The van der Waals surface area contributed by atoms with Gasteiger partial charge in [0.25, 0.3) is 0 Å². The van der Waals surface area contributed by atoms with Crippen molar-refractivity contribution >= 4 is 58.0 Å². The van der Waals surface area contributed by atoms with E-state index >= 15 is 0 Å². The number of carbonyl (C=O) groups excluding carboxylic acids is 2. The molecule has 0 bridgehead atoms. The van der Waals surface area contributed by atoms with Crippen LogP contribution in [0.5, 0.6) is 5.75 Å². The largest absolute Gasteiger partial charge is 0.495 e. The molecule has 2 aromatic carbocycles. The summed E-state index contributed by atoms with van der Waals surface area (Å²) in [6, 6.07) is 9.88. The summed E-state index contributed by atoms with van der Waals surface area (Å²) >= 11 is 18.1.